The Labute approximate surface area is 148 Å². The molecule has 5 heteroatoms. The molecule has 130 valence electrons. The molecule has 2 heterocycles. The lowest BCUT2D eigenvalue weighted by Gasteiger charge is -2.35. The van der Waals surface area contributed by atoms with Crippen molar-refractivity contribution in [1.29, 1.82) is 0 Å². The van der Waals surface area contributed by atoms with Crippen molar-refractivity contribution < 1.29 is 9.59 Å². The molecule has 0 unspecified atom stereocenters. The Morgan fingerprint density at radius 2 is 1.56 bits per heavy atom. The summed E-state index contributed by atoms with van der Waals surface area (Å²) in [5, 5.41) is 0. The molecular formula is C20H23N3O2. The first kappa shape index (κ1) is 17.1. The third kappa shape index (κ3) is 4.05. The van der Waals surface area contributed by atoms with Gasteiger partial charge in [0.15, 0.2) is 0 Å². The highest BCUT2D eigenvalue weighted by Crippen LogP contribution is 2.13. The molecule has 1 fully saturated rings. The van der Waals surface area contributed by atoms with Gasteiger partial charge >= 0.3 is 0 Å². The van der Waals surface area contributed by atoms with Crippen LogP contribution in [0.4, 0.5) is 0 Å². The molecule has 0 bridgehead atoms. The van der Waals surface area contributed by atoms with E-state index in [0.717, 1.165) is 5.56 Å². The largest absolute Gasteiger partial charge is 0.339 e. The number of benzene rings is 1. The van der Waals surface area contributed by atoms with Crippen molar-refractivity contribution in [3.05, 3.63) is 65.0 Å². The van der Waals surface area contributed by atoms with E-state index in [-0.39, 0.29) is 11.8 Å². The highest BCUT2D eigenvalue weighted by molar-refractivity contribution is 5.94. The van der Waals surface area contributed by atoms with E-state index in [1.807, 2.05) is 11.0 Å². The maximum absolute atomic E-state index is 12.5. The van der Waals surface area contributed by atoms with Crippen LogP contribution >= 0.6 is 0 Å². The Hall–Kier alpha value is -2.69. The number of aryl methyl sites for hydroxylation is 2. The van der Waals surface area contributed by atoms with Crippen LogP contribution in [0.5, 0.6) is 0 Å². The number of carbonyl (C=O) groups is 2. The van der Waals surface area contributed by atoms with E-state index in [0.29, 0.717) is 38.2 Å². The number of carbonyl (C=O) groups excluding carboxylic acids is 2. The minimum absolute atomic E-state index is 0.00339. The van der Waals surface area contributed by atoms with E-state index in [1.54, 1.807) is 29.4 Å². The molecule has 3 rings (SSSR count). The van der Waals surface area contributed by atoms with E-state index in [1.165, 1.54) is 11.1 Å². The van der Waals surface area contributed by atoms with Crippen LogP contribution in [0.3, 0.4) is 0 Å². The highest BCUT2D eigenvalue weighted by atomic mass is 16.2. The lowest BCUT2D eigenvalue weighted by Crippen LogP contribution is -2.51. The third-order valence-electron chi connectivity index (χ3n) is 4.77. The Balaban J connectivity index is 1.55. The van der Waals surface area contributed by atoms with Gasteiger partial charge in [0.2, 0.25) is 5.91 Å². The molecule has 0 radical (unpaired) electrons. The van der Waals surface area contributed by atoms with Crippen LogP contribution in [0, 0.1) is 13.8 Å². The number of piperazine rings is 1. The highest BCUT2D eigenvalue weighted by Gasteiger charge is 2.24. The molecule has 1 aliphatic heterocycles. The minimum Gasteiger partial charge on any atom is -0.339 e. The molecule has 0 saturated carbocycles. The summed E-state index contributed by atoms with van der Waals surface area (Å²) in [5.74, 6) is 0.128. The lowest BCUT2D eigenvalue weighted by molar-refractivity contribution is -0.131. The van der Waals surface area contributed by atoms with Gasteiger partial charge in [-0.2, -0.15) is 0 Å². The second-order valence-corrected chi connectivity index (χ2v) is 6.50. The first-order valence-electron chi connectivity index (χ1n) is 8.58. The van der Waals surface area contributed by atoms with Gasteiger partial charge < -0.3 is 9.80 Å². The number of nitrogens with zero attached hydrogens (tertiary/aromatic N) is 3. The van der Waals surface area contributed by atoms with Gasteiger partial charge in [0.25, 0.3) is 5.91 Å². The molecule has 0 spiro atoms. The summed E-state index contributed by atoms with van der Waals surface area (Å²) in [6.07, 6.45) is 3.66. The smallest absolute Gasteiger partial charge is 0.254 e. The van der Waals surface area contributed by atoms with Gasteiger partial charge in [0.05, 0.1) is 6.42 Å². The van der Waals surface area contributed by atoms with E-state index in [9.17, 15) is 9.59 Å². The molecule has 1 saturated heterocycles. The first-order chi connectivity index (χ1) is 12.0. The molecule has 25 heavy (non-hydrogen) atoms. The summed E-state index contributed by atoms with van der Waals surface area (Å²) in [6.45, 7) is 6.44. The summed E-state index contributed by atoms with van der Waals surface area (Å²) in [6, 6.07) is 9.60. The van der Waals surface area contributed by atoms with Crippen molar-refractivity contribution in [2.75, 3.05) is 26.2 Å². The quantitative estimate of drug-likeness (QED) is 0.863. The monoisotopic (exact) mass is 337 g/mol. The maximum Gasteiger partial charge on any atom is 0.254 e. The average molecular weight is 337 g/mol. The van der Waals surface area contributed by atoms with Crippen LogP contribution in [-0.4, -0.2) is 52.8 Å². The summed E-state index contributed by atoms with van der Waals surface area (Å²) in [5.41, 5.74) is 4.13. The summed E-state index contributed by atoms with van der Waals surface area (Å²) in [4.78, 5) is 32.5. The Morgan fingerprint density at radius 3 is 2.20 bits per heavy atom. The maximum atomic E-state index is 12.5. The van der Waals surface area contributed by atoms with Crippen molar-refractivity contribution in [1.82, 2.24) is 14.8 Å². The van der Waals surface area contributed by atoms with Gasteiger partial charge in [-0.05, 0) is 42.7 Å². The van der Waals surface area contributed by atoms with Crippen molar-refractivity contribution >= 4 is 11.8 Å². The Morgan fingerprint density at radius 1 is 0.920 bits per heavy atom. The van der Waals surface area contributed by atoms with Crippen molar-refractivity contribution in [2.45, 2.75) is 20.3 Å². The topological polar surface area (TPSA) is 53.5 Å². The van der Waals surface area contributed by atoms with E-state index < -0.39 is 0 Å². The zero-order valence-electron chi connectivity index (χ0n) is 14.7. The Kier molecular flexibility index (Phi) is 5.12. The molecule has 1 aromatic carbocycles. The van der Waals surface area contributed by atoms with E-state index in [2.05, 4.69) is 31.0 Å². The van der Waals surface area contributed by atoms with Gasteiger partial charge in [-0.3, -0.25) is 14.6 Å². The van der Waals surface area contributed by atoms with E-state index in [4.69, 9.17) is 0 Å². The number of rotatable bonds is 3. The molecule has 0 atom stereocenters. The van der Waals surface area contributed by atoms with Gasteiger partial charge in [0.1, 0.15) is 0 Å². The predicted octanol–water partition coefficient (Wildman–Crippen LogP) is 2.23. The summed E-state index contributed by atoms with van der Waals surface area (Å²) < 4.78 is 0. The van der Waals surface area contributed by atoms with Crippen molar-refractivity contribution in [2.24, 2.45) is 0 Å². The molecule has 2 aromatic rings. The zero-order chi connectivity index (χ0) is 17.8. The second kappa shape index (κ2) is 7.47. The zero-order valence-corrected chi connectivity index (χ0v) is 14.7. The van der Waals surface area contributed by atoms with Gasteiger partial charge in [-0.25, -0.2) is 0 Å². The minimum atomic E-state index is 0.00339. The number of amides is 2. The molecule has 1 aliphatic rings. The fourth-order valence-electron chi connectivity index (χ4n) is 3.04. The molecule has 0 N–H and O–H groups in total. The van der Waals surface area contributed by atoms with E-state index >= 15 is 0 Å². The van der Waals surface area contributed by atoms with Crippen LogP contribution < -0.4 is 0 Å². The van der Waals surface area contributed by atoms with Crippen molar-refractivity contribution in [3.63, 3.8) is 0 Å². The van der Waals surface area contributed by atoms with Crippen LogP contribution in [0.2, 0.25) is 0 Å². The average Bonchev–Trinajstić information content (AvgIpc) is 2.65. The van der Waals surface area contributed by atoms with Crippen LogP contribution in [0.25, 0.3) is 0 Å². The number of hydrogen-bond donors (Lipinski definition) is 0. The van der Waals surface area contributed by atoms with Gasteiger partial charge in [-0.1, -0.05) is 18.2 Å². The number of pyridine rings is 1. The number of aromatic nitrogens is 1. The van der Waals surface area contributed by atoms with Crippen LogP contribution in [-0.2, 0) is 11.2 Å². The van der Waals surface area contributed by atoms with Gasteiger partial charge in [0, 0.05) is 44.1 Å². The Bertz CT molecular complexity index is 766. The standard InChI is InChI=1S/C20H23N3O2/c1-15-3-4-17(13-16(15)2)14-19(24)22-9-11-23(12-10-22)20(25)18-5-7-21-8-6-18/h3-8,13H,9-12,14H2,1-2H3. The predicted molar refractivity (Wildman–Crippen MR) is 96.3 cm³/mol. The molecule has 2 amide bonds. The summed E-state index contributed by atoms with van der Waals surface area (Å²) >= 11 is 0. The van der Waals surface area contributed by atoms with Crippen molar-refractivity contribution in [3.8, 4) is 0 Å². The molecule has 0 aliphatic carbocycles. The first-order valence-corrected chi connectivity index (χ1v) is 8.58. The lowest BCUT2D eigenvalue weighted by atomic mass is 10.0. The third-order valence-corrected chi connectivity index (χ3v) is 4.77. The fourth-order valence-corrected chi connectivity index (χ4v) is 3.04. The van der Waals surface area contributed by atoms with Gasteiger partial charge in [-0.15, -0.1) is 0 Å². The number of hydrogen-bond acceptors (Lipinski definition) is 3. The normalized spacial score (nSPS) is 14.5. The molecular weight excluding hydrogens is 314 g/mol. The second-order valence-electron chi connectivity index (χ2n) is 6.50. The van der Waals surface area contributed by atoms with Crippen LogP contribution in [0.1, 0.15) is 27.0 Å². The summed E-state index contributed by atoms with van der Waals surface area (Å²) in [7, 11) is 0. The SMILES string of the molecule is Cc1ccc(CC(=O)N2CCN(C(=O)c3ccncc3)CC2)cc1C. The fraction of sp³-hybridized carbons (Fsp3) is 0.350. The molecule has 1 aromatic heterocycles. The molecule has 5 nitrogen and oxygen atoms in total. The van der Waals surface area contributed by atoms with Crippen LogP contribution in [0.15, 0.2) is 42.7 Å².